The second-order valence-electron chi connectivity index (χ2n) is 4.89. The van der Waals surface area contributed by atoms with Crippen LogP contribution in [0, 0.1) is 5.82 Å². The van der Waals surface area contributed by atoms with Gasteiger partial charge in [0, 0.05) is 21.1 Å². The number of halogens is 2. The van der Waals surface area contributed by atoms with E-state index in [1.165, 1.54) is 35.6 Å². The fourth-order valence-electron chi connectivity index (χ4n) is 2.05. The third-order valence-corrected chi connectivity index (χ3v) is 4.53. The number of rotatable bonds is 4. The van der Waals surface area contributed by atoms with Crippen LogP contribution in [0.5, 0.6) is 0 Å². The largest absolute Gasteiger partial charge is 0.326 e. The van der Waals surface area contributed by atoms with Crippen LogP contribution in [0.15, 0.2) is 58.4 Å². The lowest BCUT2D eigenvalue weighted by atomic mass is 10.2. The number of hydrogen-bond donors (Lipinski definition) is 1. The smallest absolute Gasteiger partial charge is 0.230 e. The Balaban J connectivity index is 1.66. The van der Waals surface area contributed by atoms with E-state index in [0.717, 1.165) is 15.0 Å². The van der Waals surface area contributed by atoms with E-state index in [4.69, 9.17) is 0 Å². The Morgan fingerprint density at radius 3 is 2.74 bits per heavy atom. The Morgan fingerprint density at radius 1 is 1.22 bits per heavy atom. The highest BCUT2D eigenvalue weighted by atomic mass is 79.9. The first-order chi connectivity index (χ1) is 11.1. The van der Waals surface area contributed by atoms with Gasteiger partial charge in [-0.3, -0.25) is 4.79 Å². The summed E-state index contributed by atoms with van der Waals surface area (Å²) < 4.78 is 13.8. The number of amides is 1. The SMILES string of the molecule is O=C(Cc1csc(-c2cccc(Br)c2)n1)Nc1ccc(F)cc1. The topological polar surface area (TPSA) is 42.0 Å². The maximum atomic E-state index is 12.8. The Morgan fingerprint density at radius 2 is 2.00 bits per heavy atom. The average Bonchev–Trinajstić information content (AvgIpc) is 2.98. The van der Waals surface area contributed by atoms with Crippen LogP contribution in [-0.4, -0.2) is 10.9 Å². The molecule has 3 aromatic rings. The number of benzene rings is 2. The Kier molecular flexibility index (Phi) is 4.83. The Hall–Kier alpha value is -2.05. The first kappa shape index (κ1) is 15.8. The van der Waals surface area contributed by atoms with Gasteiger partial charge in [0.1, 0.15) is 10.8 Å². The first-order valence-corrected chi connectivity index (χ1v) is 8.53. The van der Waals surface area contributed by atoms with Crippen LogP contribution >= 0.6 is 27.3 Å². The normalized spacial score (nSPS) is 10.5. The standard InChI is InChI=1S/C17H12BrFN2OS/c18-12-3-1-2-11(8-12)17-21-15(10-23-17)9-16(22)20-14-6-4-13(19)5-7-14/h1-8,10H,9H2,(H,20,22). The predicted molar refractivity (Wildman–Crippen MR) is 94.0 cm³/mol. The third kappa shape index (κ3) is 4.24. The number of carbonyl (C=O) groups excluding carboxylic acids is 1. The maximum absolute atomic E-state index is 12.8. The Bertz CT molecular complexity index is 833. The summed E-state index contributed by atoms with van der Waals surface area (Å²) in [5, 5.41) is 5.47. The molecular weight excluding hydrogens is 379 g/mol. The quantitative estimate of drug-likeness (QED) is 0.688. The molecule has 0 unspecified atom stereocenters. The lowest BCUT2D eigenvalue weighted by Gasteiger charge is -2.03. The summed E-state index contributed by atoms with van der Waals surface area (Å²) in [6, 6.07) is 13.5. The lowest BCUT2D eigenvalue weighted by molar-refractivity contribution is -0.115. The van der Waals surface area contributed by atoms with Gasteiger partial charge in [-0.2, -0.15) is 0 Å². The molecule has 23 heavy (non-hydrogen) atoms. The van der Waals surface area contributed by atoms with Crippen LogP contribution in [0.3, 0.4) is 0 Å². The highest BCUT2D eigenvalue weighted by Crippen LogP contribution is 2.26. The molecule has 1 amide bonds. The third-order valence-electron chi connectivity index (χ3n) is 3.09. The second kappa shape index (κ2) is 7.02. The summed E-state index contributed by atoms with van der Waals surface area (Å²) in [5.41, 5.74) is 2.29. The van der Waals surface area contributed by atoms with Crippen LogP contribution in [0.1, 0.15) is 5.69 Å². The van der Waals surface area contributed by atoms with Gasteiger partial charge >= 0.3 is 0 Å². The summed E-state index contributed by atoms with van der Waals surface area (Å²) >= 11 is 4.93. The summed E-state index contributed by atoms with van der Waals surface area (Å²) in [5.74, 6) is -0.510. The molecule has 0 radical (unpaired) electrons. The minimum atomic E-state index is -0.332. The molecule has 2 aromatic carbocycles. The van der Waals surface area contributed by atoms with Gasteiger partial charge in [-0.15, -0.1) is 11.3 Å². The zero-order valence-corrected chi connectivity index (χ0v) is 14.3. The molecule has 0 fully saturated rings. The van der Waals surface area contributed by atoms with Crippen molar-refractivity contribution in [1.29, 1.82) is 0 Å². The molecule has 0 atom stereocenters. The number of aromatic nitrogens is 1. The van der Waals surface area contributed by atoms with Crippen molar-refractivity contribution in [1.82, 2.24) is 4.98 Å². The van der Waals surface area contributed by atoms with Gasteiger partial charge in [0.15, 0.2) is 0 Å². The van der Waals surface area contributed by atoms with Crippen LogP contribution in [0.25, 0.3) is 10.6 Å². The molecule has 1 aromatic heterocycles. The first-order valence-electron chi connectivity index (χ1n) is 6.86. The molecular formula is C17H12BrFN2OS. The minimum absolute atomic E-state index is 0.178. The number of anilines is 1. The number of carbonyl (C=O) groups is 1. The zero-order chi connectivity index (χ0) is 16.2. The van der Waals surface area contributed by atoms with Gasteiger partial charge in [0.2, 0.25) is 5.91 Å². The summed E-state index contributed by atoms with van der Waals surface area (Å²) in [4.78, 5) is 16.5. The maximum Gasteiger partial charge on any atom is 0.230 e. The second-order valence-corrected chi connectivity index (χ2v) is 6.66. The predicted octanol–water partition coefficient (Wildman–Crippen LogP) is 4.89. The number of hydrogen-bond acceptors (Lipinski definition) is 3. The molecule has 0 bridgehead atoms. The number of thiazole rings is 1. The fourth-order valence-corrected chi connectivity index (χ4v) is 3.26. The van der Waals surface area contributed by atoms with Gasteiger partial charge < -0.3 is 5.32 Å². The van der Waals surface area contributed by atoms with E-state index in [0.29, 0.717) is 11.4 Å². The van der Waals surface area contributed by atoms with E-state index in [1.54, 1.807) is 0 Å². The van der Waals surface area contributed by atoms with Crippen LogP contribution in [-0.2, 0) is 11.2 Å². The molecule has 1 N–H and O–H groups in total. The number of nitrogens with one attached hydrogen (secondary N) is 1. The summed E-state index contributed by atoms with van der Waals surface area (Å²) in [6.07, 6.45) is 0.182. The molecule has 116 valence electrons. The minimum Gasteiger partial charge on any atom is -0.326 e. The van der Waals surface area contributed by atoms with Crippen molar-refractivity contribution in [3.8, 4) is 10.6 Å². The molecule has 1 heterocycles. The highest BCUT2D eigenvalue weighted by Gasteiger charge is 2.09. The van der Waals surface area contributed by atoms with Crippen LogP contribution in [0.2, 0.25) is 0 Å². The van der Waals surface area contributed by atoms with E-state index in [-0.39, 0.29) is 18.1 Å². The van der Waals surface area contributed by atoms with Crippen molar-refractivity contribution < 1.29 is 9.18 Å². The molecule has 0 saturated carbocycles. The zero-order valence-electron chi connectivity index (χ0n) is 11.9. The molecule has 3 nitrogen and oxygen atoms in total. The van der Waals surface area contributed by atoms with Gasteiger partial charge in [-0.25, -0.2) is 9.37 Å². The molecule has 6 heteroatoms. The van der Waals surface area contributed by atoms with Crippen molar-refractivity contribution in [3.05, 3.63) is 69.9 Å². The highest BCUT2D eigenvalue weighted by molar-refractivity contribution is 9.10. The average molecular weight is 391 g/mol. The van der Waals surface area contributed by atoms with Crippen molar-refractivity contribution in [3.63, 3.8) is 0 Å². The monoisotopic (exact) mass is 390 g/mol. The Labute approximate surface area is 145 Å². The van der Waals surface area contributed by atoms with Gasteiger partial charge in [-0.05, 0) is 36.4 Å². The van der Waals surface area contributed by atoms with Crippen molar-refractivity contribution in [2.75, 3.05) is 5.32 Å². The summed E-state index contributed by atoms with van der Waals surface area (Å²) in [6.45, 7) is 0. The van der Waals surface area contributed by atoms with Crippen LogP contribution < -0.4 is 5.32 Å². The lowest BCUT2D eigenvalue weighted by Crippen LogP contribution is -2.14. The van der Waals surface area contributed by atoms with E-state index in [9.17, 15) is 9.18 Å². The summed E-state index contributed by atoms with van der Waals surface area (Å²) in [7, 11) is 0. The van der Waals surface area contributed by atoms with E-state index in [2.05, 4.69) is 26.2 Å². The van der Waals surface area contributed by atoms with Gasteiger partial charge in [0.25, 0.3) is 0 Å². The van der Waals surface area contributed by atoms with E-state index >= 15 is 0 Å². The fraction of sp³-hybridized carbons (Fsp3) is 0.0588. The molecule has 0 aliphatic rings. The van der Waals surface area contributed by atoms with E-state index in [1.807, 2.05) is 29.6 Å². The van der Waals surface area contributed by atoms with Gasteiger partial charge in [0.05, 0.1) is 12.1 Å². The molecule has 3 rings (SSSR count). The van der Waals surface area contributed by atoms with Crippen molar-refractivity contribution >= 4 is 38.9 Å². The van der Waals surface area contributed by atoms with Crippen molar-refractivity contribution in [2.45, 2.75) is 6.42 Å². The molecule has 0 spiro atoms. The molecule has 0 aliphatic carbocycles. The number of nitrogens with zero attached hydrogens (tertiary/aromatic N) is 1. The molecule has 0 saturated heterocycles. The van der Waals surface area contributed by atoms with Crippen molar-refractivity contribution in [2.24, 2.45) is 0 Å². The van der Waals surface area contributed by atoms with Crippen LogP contribution in [0.4, 0.5) is 10.1 Å². The van der Waals surface area contributed by atoms with E-state index < -0.39 is 0 Å². The van der Waals surface area contributed by atoms with Gasteiger partial charge in [-0.1, -0.05) is 28.1 Å². The molecule has 0 aliphatic heterocycles.